The molecule has 0 aromatic heterocycles. The third-order valence-electron chi connectivity index (χ3n) is 0.694. The van der Waals surface area contributed by atoms with Crippen molar-refractivity contribution in [1.82, 2.24) is 0 Å². The molecule has 1 N–H and O–H groups in total. The van der Waals surface area contributed by atoms with Gasteiger partial charge in [0.25, 0.3) is 5.17 Å². The first kappa shape index (κ1) is 9.23. The number of esters is 1. The Morgan fingerprint density at radius 2 is 2.40 bits per heavy atom. The van der Waals surface area contributed by atoms with Crippen LogP contribution in [0.2, 0.25) is 0 Å². The average molecular weight is 166 g/mol. The first-order chi connectivity index (χ1) is 4.72. The molecule has 0 atom stereocenters. The first-order valence-corrected chi connectivity index (χ1v) is 3.14. The molecule has 0 spiro atoms. The van der Waals surface area contributed by atoms with Crippen molar-refractivity contribution in [3.63, 3.8) is 0 Å². The van der Waals surface area contributed by atoms with E-state index in [4.69, 9.17) is 16.8 Å². The molecule has 0 aliphatic carbocycles. The summed E-state index contributed by atoms with van der Waals surface area (Å²) >= 11 is 5.08. The molecule has 10 heavy (non-hydrogen) atoms. The van der Waals surface area contributed by atoms with Gasteiger partial charge in [0.05, 0.1) is 6.61 Å². The van der Waals surface area contributed by atoms with Crippen LogP contribution in [0.25, 0.3) is 0 Å². The van der Waals surface area contributed by atoms with Crippen LogP contribution in [0.3, 0.4) is 0 Å². The Kier molecular flexibility index (Phi) is 4.66. The molecule has 0 aliphatic rings. The quantitative estimate of drug-likeness (QED) is 0.293. The van der Waals surface area contributed by atoms with E-state index < -0.39 is 11.1 Å². The summed E-state index contributed by atoms with van der Waals surface area (Å²) in [6.45, 7) is 2.13. The van der Waals surface area contributed by atoms with E-state index in [1.165, 1.54) is 0 Å². The summed E-state index contributed by atoms with van der Waals surface area (Å²) in [5.74, 6) is -0.800. The summed E-state index contributed by atoms with van der Waals surface area (Å²) in [7, 11) is 0. The van der Waals surface area contributed by atoms with Gasteiger partial charge in [-0.2, -0.15) is 0 Å². The van der Waals surface area contributed by atoms with Crippen molar-refractivity contribution < 1.29 is 14.7 Å². The maximum absolute atomic E-state index is 10.5. The summed E-state index contributed by atoms with van der Waals surface area (Å²) in [5.41, 5.74) is 0. The fraction of sp³-hybridized carbons (Fsp3) is 0.600. The van der Waals surface area contributed by atoms with E-state index in [0.717, 1.165) is 0 Å². The Morgan fingerprint density at radius 1 is 1.80 bits per heavy atom. The number of ether oxygens (including phenoxy) is 1. The zero-order valence-corrected chi connectivity index (χ0v) is 6.26. The molecule has 0 aromatic carbocycles. The van der Waals surface area contributed by atoms with E-state index >= 15 is 0 Å². The largest absolute Gasteiger partial charge is 0.460 e. The van der Waals surface area contributed by atoms with Crippen molar-refractivity contribution in [2.75, 3.05) is 6.61 Å². The second kappa shape index (κ2) is 5.05. The topological polar surface area (TPSA) is 58.9 Å². The predicted molar refractivity (Wildman–Crippen MR) is 36.3 cm³/mol. The van der Waals surface area contributed by atoms with Crippen LogP contribution in [0.15, 0.2) is 5.16 Å². The van der Waals surface area contributed by atoms with Gasteiger partial charge in [-0.3, -0.25) is 0 Å². The predicted octanol–water partition coefficient (Wildman–Crippen LogP) is 0.966. The third kappa shape index (κ3) is 3.29. The van der Waals surface area contributed by atoms with Gasteiger partial charge in [0.1, 0.15) is 0 Å². The lowest BCUT2D eigenvalue weighted by Crippen LogP contribution is -2.12. The minimum absolute atomic E-state index is 0.282. The van der Waals surface area contributed by atoms with Crippen LogP contribution in [-0.4, -0.2) is 23.0 Å². The van der Waals surface area contributed by atoms with Crippen LogP contribution in [0.4, 0.5) is 0 Å². The van der Waals surface area contributed by atoms with Crippen molar-refractivity contribution in [3.8, 4) is 0 Å². The Balaban J connectivity index is 3.63. The summed E-state index contributed by atoms with van der Waals surface area (Å²) < 4.78 is 4.48. The Bertz CT molecular complexity index is 146. The highest BCUT2D eigenvalue weighted by molar-refractivity contribution is 6.81. The van der Waals surface area contributed by atoms with Crippen molar-refractivity contribution in [2.24, 2.45) is 5.16 Å². The molecule has 58 valence electrons. The van der Waals surface area contributed by atoms with Gasteiger partial charge >= 0.3 is 5.97 Å². The number of oxime groups is 1. The number of rotatable bonds is 3. The van der Waals surface area contributed by atoms with Gasteiger partial charge in [-0.25, -0.2) is 4.79 Å². The molecule has 0 aliphatic heterocycles. The van der Waals surface area contributed by atoms with Gasteiger partial charge < -0.3 is 9.94 Å². The molecular weight excluding hydrogens is 158 g/mol. The highest BCUT2D eigenvalue weighted by Gasteiger charge is 2.08. The van der Waals surface area contributed by atoms with Gasteiger partial charge in [0, 0.05) is 0 Å². The van der Waals surface area contributed by atoms with Gasteiger partial charge in [-0.05, 0) is 6.42 Å². The minimum Gasteiger partial charge on any atom is -0.460 e. The molecule has 0 fully saturated rings. The highest BCUT2D eigenvalue weighted by atomic mass is 35.5. The Labute approximate surface area is 63.4 Å². The van der Waals surface area contributed by atoms with Crippen molar-refractivity contribution in [1.29, 1.82) is 0 Å². The SMILES string of the molecule is CCCOC(=O)C(Cl)=NO. The molecule has 0 aromatic rings. The van der Waals surface area contributed by atoms with E-state index in [2.05, 4.69) is 9.89 Å². The van der Waals surface area contributed by atoms with Crippen LogP contribution in [0, 0.1) is 0 Å². The lowest BCUT2D eigenvalue weighted by Gasteiger charge is -1.97. The van der Waals surface area contributed by atoms with Gasteiger partial charge in [-0.1, -0.05) is 23.7 Å². The summed E-state index contributed by atoms with van der Waals surface area (Å²) in [4.78, 5) is 10.5. The molecule has 0 unspecified atom stereocenters. The maximum Gasteiger partial charge on any atom is 0.372 e. The molecule has 0 bridgehead atoms. The zero-order chi connectivity index (χ0) is 7.98. The molecule has 0 saturated heterocycles. The number of hydrogen-bond acceptors (Lipinski definition) is 4. The number of nitrogens with zero attached hydrogens (tertiary/aromatic N) is 1. The van der Waals surface area contributed by atoms with Gasteiger partial charge in [0.2, 0.25) is 0 Å². The average Bonchev–Trinajstić information content (AvgIpc) is 1.98. The van der Waals surface area contributed by atoms with Crippen LogP contribution in [0.5, 0.6) is 0 Å². The minimum atomic E-state index is -0.800. The third-order valence-corrected chi connectivity index (χ3v) is 0.923. The summed E-state index contributed by atoms with van der Waals surface area (Å²) in [6.07, 6.45) is 0.710. The Morgan fingerprint density at radius 3 is 2.80 bits per heavy atom. The molecule has 5 heteroatoms. The normalized spacial score (nSPS) is 11.2. The number of halogens is 1. The number of hydrogen-bond donors (Lipinski definition) is 1. The molecule has 0 saturated carbocycles. The monoisotopic (exact) mass is 165 g/mol. The van der Waals surface area contributed by atoms with E-state index in [1.54, 1.807) is 0 Å². The van der Waals surface area contributed by atoms with E-state index in [9.17, 15) is 4.79 Å². The second-order valence-electron chi connectivity index (χ2n) is 1.53. The lowest BCUT2D eigenvalue weighted by molar-refractivity contribution is -0.135. The molecule has 0 radical (unpaired) electrons. The smallest absolute Gasteiger partial charge is 0.372 e. The maximum atomic E-state index is 10.5. The van der Waals surface area contributed by atoms with Crippen LogP contribution < -0.4 is 0 Å². The Hall–Kier alpha value is -0.770. The molecule has 0 rings (SSSR count). The van der Waals surface area contributed by atoms with Crippen LogP contribution in [0.1, 0.15) is 13.3 Å². The standard InChI is InChI=1S/C5H8ClNO3/c1-2-3-10-5(8)4(6)7-9/h9H,2-3H2,1H3. The number of carbonyl (C=O) groups is 1. The van der Waals surface area contributed by atoms with Crippen molar-refractivity contribution in [2.45, 2.75) is 13.3 Å². The molecular formula is C5H8ClNO3. The van der Waals surface area contributed by atoms with E-state index in [-0.39, 0.29) is 6.61 Å². The molecule has 4 nitrogen and oxygen atoms in total. The van der Waals surface area contributed by atoms with Gasteiger partial charge in [0.15, 0.2) is 0 Å². The molecule has 0 amide bonds. The zero-order valence-electron chi connectivity index (χ0n) is 5.50. The van der Waals surface area contributed by atoms with Crippen molar-refractivity contribution >= 4 is 22.7 Å². The number of carbonyl (C=O) groups excluding carboxylic acids is 1. The van der Waals surface area contributed by atoms with Crippen LogP contribution in [-0.2, 0) is 9.53 Å². The van der Waals surface area contributed by atoms with E-state index in [1.807, 2.05) is 6.92 Å². The molecule has 0 heterocycles. The lowest BCUT2D eigenvalue weighted by atomic mass is 10.5. The first-order valence-electron chi connectivity index (χ1n) is 2.77. The fourth-order valence-electron chi connectivity index (χ4n) is 0.295. The second-order valence-corrected chi connectivity index (χ2v) is 1.88. The summed E-state index contributed by atoms with van der Waals surface area (Å²) in [5, 5.41) is 9.86. The van der Waals surface area contributed by atoms with E-state index in [0.29, 0.717) is 6.42 Å². The van der Waals surface area contributed by atoms with Crippen LogP contribution >= 0.6 is 11.6 Å². The summed E-state index contributed by atoms with van der Waals surface area (Å²) in [6, 6.07) is 0. The highest BCUT2D eigenvalue weighted by Crippen LogP contribution is 1.90. The van der Waals surface area contributed by atoms with Gasteiger partial charge in [-0.15, -0.1) is 0 Å². The van der Waals surface area contributed by atoms with Crippen molar-refractivity contribution in [3.05, 3.63) is 0 Å². The fourth-order valence-corrected chi connectivity index (χ4v) is 0.350.